The minimum absolute atomic E-state index is 0.149. The molecule has 11 nitrogen and oxygen atoms in total. The molecule has 2 N–H and O–H groups in total. The third-order valence-corrected chi connectivity index (χ3v) is 11.5. The molecule has 0 saturated heterocycles. The molecule has 0 heterocycles. The van der Waals surface area contributed by atoms with Crippen LogP contribution in [-0.4, -0.2) is 66.5 Å². The van der Waals surface area contributed by atoms with Gasteiger partial charge in [-0.25, -0.2) is 4.57 Å². The second-order valence-corrected chi connectivity index (χ2v) is 18.4. The van der Waals surface area contributed by atoms with Gasteiger partial charge in [0.15, 0.2) is 6.10 Å². The second-order valence-electron chi connectivity index (χ2n) is 16.9. The van der Waals surface area contributed by atoms with E-state index in [-0.39, 0.29) is 25.9 Å². The summed E-state index contributed by atoms with van der Waals surface area (Å²) in [6, 6.07) is 0. The number of phosphoric ester groups is 1. The van der Waals surface area contributed by atoms with Gasteiger partial charge in [0.05, 0.1) is 19.8 Å². The van der Waals surface area contributed by atoms with Crippen molar-refractivity contribution in [3.05, 3.63) is 72.9 Å². The molecule has 0 spiro atoms. The molecule has 0 fully saturated rings. The Labute approximate surface area is 401 Å². The maximum Gasteiger partial charge on any atom is 0.472 e. The molecule has 0 bridgehead atoms. The first-order valence-corrected chi connectivity index (χ1v) is 27.3. The Hall–Kier alpha value is -3.08. The predicted molar refractivity (Wildman–Crippen MR) is 270 cm³/mol. The van der Waals surface area contributed by atoms with Crippen LogP contribution in [0.4, 0.5) is 0 Å². The maximum atomic E-state index is 12.8. The van der Waals surface area contributed by atoms with Crippen LogP contribution in [0.5, 0.6) is 0 Å². The molecule has 12 heteroatoms. The standard InChI is InChI=1S/C54H93O11P/c1-4-7-10-13-16-19-22-23-24-25-26-27-30-31-34-37-40-43-52(56)61-47-51(65-54(58)45-42-39-36-33-29-21-18-15-12-9-6-3)49-63-66(59,60)62-48-50(46-55)64-53(57)44-41-38-35-32-28-20-17-14-11-8-5-2/h7,10,14-19,23-24,26-27,50-51,55H,4-6,8-9,11-13,20-22,25,28-49H2,1-3H3,(H,59,60)/b10-7-,17-14-,18-15-,19-16-,24-23-,27-26-. The van der Waals surface area contributed by atoms with Crippen molar-refractivity contribution >= 4 is 25.7 Å². The average Bonchev–Trinajstić information content (AvgIpc) is 3.30. The monoisotopic (exact) mass is 949 g/mol. The second kappa shape index (κ2) is 48.4. The van der Waals surface area contributed by atoms with Crippen LogP contribution >= 0.6 is 7.82 Å². The highest BCUT2D eigenvalue weighted by Crippen LogP contribution is 2.43. The average molecular weight is 949 g/mol. The Balaban J connectivity index is 4.77. The van der Waals surface area contributed by atoms with E-state index in [0.29, 0.717) is 19.3 Å². The van der Waals surface area contributed by atoms with Gasteiger partial charge in [-0.15, -0.1) is 0 Å². The number of ether oxygens (including phenoxy) is 3. The largest absolute Gasteiger partial charge is 0.472 e. The molecule has 0 aliphatic rings. The normalized spacial score (nSPS) is 14.1. The van der Waals surface area contributed by atoms with Crippen LogP contribution in [0.2, 0.25) is 0 Å². The fourth-order valence-corrected chi connectivity index (χ4v) is 7.39. The SMILES string of the molecule is CC/C=C\C/C=C\C/C=C\C/C=C\CCCCCCC(=O)OCC(COP(=O)(O)OCC(CO)OC(=O)CCCCCCC/C=C\CCCC)OC(=O)CCCCCCC/C=C\CCCC. The van der Waals surface area contributed by atoms with Crippen LogP contribution in [-0.2, 0) is 42.2 Å². The number of aliphatic hydroxyl groups excluding tert-OH is 1. The predicted octanol–water partition coefficient (Wildman–Crippen LogP) is 14.6. The molecule has 3 unspecified atom stereocenters. The molecule has 0 aromatic heterocycles. The number of allylic oxidation sites excluding steroid dienone is 12. The highest BCUT2D eigenvalue weighted by molar-refractivity contribution is 7.47. The highest BCUT2D eigenvalue weighted by Gasteiger charge is 2.28. The quantitative estimate of drug-likeness (QED) is 0.0197. The van der Waals surface area contributed by atoms with Crippen molar-refractivity contribution < 1.29 is 52.2 Å². The van der Waals surface area contributed by atoms with Gasteiger partial charge >= 0.3 is 25.7 Å². The van der Waals surface area contributed by atoms with Gasteiger partial charge in [-0.3, -0.25) is 23.4 Å². The number of hydrogen-bond donors (Lipinski definition) is 2. The van der Waals surface area contributed by atoms with E-state index < -0.39 is 57.8 Å². The number of carbonyl (C=O) groups is 3. The zero-order valence-electron chi connectivity index (χ0n) is 41.6. The Morgan fingerprint density at radius 1 is 0.439 bits per heavy atom. The third kappa shape index (κ3) is 46.0. The molecule has 0 rings (SSSR count). The molecule has 0 aliphatic heterocycles. The van der Waals surface area contributed by atoms with Crippen molar-refractivity contribution in [2.75, 3.05) is 26.4 Å². The van der Waals surface area contributed by atoms with Crippen molar-refractivity contribution in [2.45, 2.75) is 226 Å². The third-order valence-electron chi connectivity index (χ3n) is 10.6. The van der Waals surface area contributed by atoms with Crippen LogP contribution in [0.3, 0.4) is 0 Å². The molecule has 0 aromatic carbocycles. The molecule has 0 saturated carbocycles. The molecule has 66 heavy (non-hydrogen) atoms. The van der Waals surface area contributed by atoms with Gasteiger partial charge in [-0.2, -0.15) is 0 Å². The number of phosphoric acid groups is 1. The fourth-order valence-electron chi connectivity index (χ4n) is 6.60. The van der Waals surface area contributed by atoms with Gasteiger partial charge in [0.1, 0.15) is 12.7 Å². The molecule has 0 aromatic rings. The molecular formula is C54H93O11P. The summed E-state index contributed by atoms with van der Waals surface area (Å²) in [4.78, 5) is 48.2. The molecule has 0 amide bonds. The van der Waals surface area contributed by atoms with Crippen molar-refractivity contribution in [2.24, 2.45) is 0 Å². The van der Waals surface area contributed by atoms with Crippen molar-refractivity contribution in [3.8, 4) is 0 Å². The number of carbonyl (C=O) groups excluding carboxylic acids is 3. The maximum absolute atomic E-state index is 12.8. The number of unbranched alkanes of at least 4 members (excludes halogenated alkanes) is 18. The van der Waals surface area contributed by atoms with Crippen LogP contribution < -0.4 is 0 Å². The van der Waals surface area contributed by atoms with E-state index >= 15 is 0 Å². The van der Waals surface area contributed by atoms with Crippen molar-refractivity contribution in [1.29, 1.82) is 0 Å². The van der Waals surface area contributed by atoms with Crippen molar-refractivity contribution in [3.63, 3.8) is 0 Å². The number of esters is 3. The summed E-state index contributed by atoms with van der Waals surface area (Å²) in [5.41, 5.74) is 0. The molecule has 3 atom stereocenters. The lowest BCUT2D eigenvalue weighted by Gasteiger charge is -2.21. The van der Waals surface area contributed by atoms with Crippen LogP contribution in [0.1, 0.15) is 213 Å². The summed E-state index contributed by atoms with van der Waals surface area (Å²) in [7, 11) is -4.75. The lowest BCUT2D eigenvalue weighted by molar-refractivity contribution is -0.161. The van der Waals surface area contributed by atoms with Gasteiger partial charge in [0.2, 0.25) is 0 Å². The summed E-state index contributed by atoms with van der Waals surface area (Å²) in [6.07, 6.45) is 51.6. The Kier molecular flexibility index (Phi) is 46.1. The first-order chi connectivity index (χ1) is 32.2. The first-order valence-electron chi connectivity index (χ1n) is 25.8. The number of aliphatic hydroxyl groups is 1. The van der Waals surface area contributed by atoms with Gasteiger partial charge in [-0.1, -0.05) is 171 Å². The van der Waals surface area contributed by atoms with E-state index in [0.717, 1.165) is 128 Å². The Bertz CT molecular complexity index is 1390. The zero-order chi connectivity index (χ0) is 48.4. The fraction of sp³-hybridized carbons (Fsp3) is 0.722. The van der Waals surface area contributed by atoms with E-state index in [1.807, 2.05) is 0 Å². The van der Waals surface area contributed by atoms with E-state index in [2.05, 4.69) is 93.7 Å². The Morgan fingerprint density at radius 2 is 0.788 bits per heavy atom. The highest BCUT2D eigenvalue weighted by atomic mass is 31.2. The number of hydrogen-bond acceptors (Lipinski definition) is 10. The molecule has 380 valence electrons. The van der Waals surface area contributed by atoms with E-state index in [1.165, 1.54) is 25.7 Å². The summed E-state index contributed by atoms with van der Waals surface area (Å²) < 4.78 is 39.3. The summed E-state index contributed by atoms with van der Waals surface area (Å²) in [5.74, 6) is -1.52. The smallest absolute Gasteiger partial charge is 0.462 e. The van der Waals surface area contributed by atoms with Gasteiger partial charge in [-0.05, 0) is 96.3 Å². The molecule has 0 aliphatic carbocycles. The van der Waals surface area contributed by atoms with Gasteiger partial charge in [0.25, 0.3) is 0 Å². The van der Waals surface area contributed by atoms with Gasteiger partial charge in [0, 0.05) is 19.3 Å². The zero-order valence-corrected chi connectivity index (χ0v) is 42.5. The van der Waals surface area contributed by atoms with Gasteiger partial charge < -0.3 is 24.2 Å². The summed E-state index contributed by atoms with van der Waals surface area (Å²) >= 11 is 0. The van der Waals surface area contributed by atoms with E-state index in [9.17, 15) is 28.9 Å². The lowest BCUT2D eigenvalue weighted by atomic mass is 10.1. The van der Waals surface area contributed by atoms with E-state index in [4.69, 9.17) is 23.3 Å². The summed E-state index contributed by atoms with van der Waals surface area (Å²) in [6.45, 7) is 4.38. The topological polar surface area (TPSA) is 155 Å². The molecular weight excluding hydrogens is 856 g/mol. The summed E-state index contributed by atoms with van der Waals surface area (Å²) in [5, 5.41) is 9.75. The van der Waals surface area contributed by atoms with Crippen LogP contribution in [0, 0.1) is 0 Å². The van der Waals surface area contributed by atoms with Crippen molar-refractivity contribution in [1.82, 2.24) is 0 Å². The van der Waals surface area contributed by atoms with Crippen LogP contribution in [0.25, 0.3) is 0 Å². The van der Waals surface area contributed by atoms with Crippen LogP contribution in [0.15, 0.2) is 72.9 Å². The van der Waals surface area contributed by atoms with E-state index in [1.54, 1.807) is 0 Å². The lowest BCUT2D eigenvalue weighted by Crippen LogP contribution is -2.30. The number of rotatable bonds is 47. The Morgan fingerprint density at radius 3 is 1.23 bits per heavy atom. The minimum Gasteiger partial charge on any atom is -0.462 e. The minimum atomic E-state index is -4.75. The molecule has 0 radical (unpaired) electrons. The first kappa shape index (κ1) is 62.9.